The number of ether oxygens (including phenoxy) is 1. The maximum atomic E-state index is 9.23. The lowest BCUT2D eigenvalue weighted by molar-refractivity contribution is -0.0720. The van der Waals surface area contributed by atoms with E-state index >= 15 is 0 Å². The number of aromatic nitrogens is 1. The molecule has 1 aromatic heterocycles. The molecule has 2 atom stereocenters. The van der Waals surface area contributed by atoms with E-state index in [4.69, 9.17) is 4.74 Å². The van der Waals surface area contributed by atoms with E-state index < -0.39 is 0 Å². The van der Waals surface area contributed by atoms with Crippen molar-refractivity contribution in [2.45, 2.75) is 38.9 Å². The molecule has 23 heavy (non-hydrogen) atoms. The molecule has 0 unspecified atom stereocenters. The van der Waals surface area contributed by atoms with Gasteiger partial charge in [-0.15, -0.1) is 0 Å². The molecule has 2 aliphatic rings. The molecule has 2 fully saturated rings. The molecule has 124 valence electrons. The summed E-state index contributed by atoms with van der Waals surface area (Å²) in [5, 5.41) is 9.23. The Balaban J connectivity index is 1.53. The minimum Gasteiger partial charge on any atom is -0.373 e. The molecule has 2 aliphatic heterocycles. The smallest absolute Gasteiger partial charge is 0.146 e. The van der Waals surface area contributed by atoms with Crippen LogP contribution in [0.3, 0.4) is 0 Å². The highest BCUT2D eigenvalue weighted by atomic mass is 16.5. The van der Waals surface area contributed by atoms with Gasteiger partial charge in [0.2, 0.25) is 0 Å². The third-order valence-electron chi connectivity index (χ3n) is 4.83. The van der Waals surface area contributed by atoms with Gasteiger partial charge in [0, 0.05) is 38.9 Å². The van der Waals surface area contributed by atoms with Crippen LogP contribution in [0.4, 0.5) is 5.82 Å². The van der Waals surface area contributed by atoms with Crippen LogP contribution in [0, 0.1) is 17.2 Å². The fourth-order valence-corrected chi connectivity index (χ4v) is 3.86. The Kier molecular flexibility index (Phi) is 5.14. The maximum Gasteiger partial charge on any atom is 0.146 e. The summed E-state index contributed by atoms with van der Waals surface area (Å²) in [6, 6.07) is 5.93. The maximum absolute atomic E-state index is 9.23. The van der Waals surface area contributed by atoms with Crippen molar-refractivity contribution in [3.8, 4) is 6.07 Å². The monoisotopic (exact) mass is 314 g/mol. The molecule has 0 saturated carbocycles. The van der Waals surface area contributed by atoms with Crippen molar-refractivity contribution in [1.29, 1.82) is 5.26 Å². The zero-order chi connectivity index (χ0) is 16.2. The van der Waals surface area contributed by atoms with Crippen LogP contribution >= 0.6 is 0 Å². The first-order chi connectivity index (χ1) is 11.2. The van der Waals surface area contributed by atoms with Gasteiger partial charge in [-0.25, -0.2) is 4.98 Å². The summed E-state index contributed by atoms with van der Waals surface area (Å²) in [6.07, 6.45) is 4.79. The summed E-state index contributed by atoms with van der Waals surface area (Å²) in [4.78, 5) is 9.23. The number of morpholine rings is 1. The van der Waals surface area contributed by atoms with Gasteiger partial charge in [-0.3, -0.25) is 4.90 Å². The standard InChI is InChI=1S/C18H26N4O/c1-14-11-21(12-15(2)23-14)13-16-5-8-22(9-6-16)18-17(10-19)4-3-7-20-18/h3-4,7,14-16H,5-6,8-9,11-13H2,1-2H3/t14-,15-/m0/s1. The molecule has 0 aromatic carbocycles. The van der Waals surface area contributed by atoms with E-state index in [2.05, 4.69) is 34.7 Å². The van der Waals surface area contributed by atoms with Crippen LogP contribution in [0.2, 0.25) is 0 Å². The topological polar surface area (TPSA) is 52.4 Å². The summed E-state index contributed by atoms with van der Waals surface area (Å²) in [7, 11) is 0. The van der Waals surface area contributed by atoms with Crippen molar-refractivity contribution < 1.29 is 4.74 Å². The van der Waals surface area contributed by atoms with Gasteiger partial charge in [-0.2, -0.15) is 5.26 Å². The third kappa shape index (κ3) is 4.01. The van der Waals surface area contributed by atoms with Gasteiger partial charge in [0.15, 0.2) is 0 Å². The molecule has 0 bridgehead atoms. The van der Waals surface area contributed by atoms with Gasteiger partial charge < -0.3 is 9.64 Å². The average Bonchev–Trinajstić information content (AvgIpc) is 2.54. The first kappa shape index (κ1) is 16.2. The van der Waals surface area contributed by atoms with E-state index in [1.807, 2.05) is 12.1 Å². The Labute approximate surface area is 138 Å². The van der Waals surface area contributed by atoms with Crippen LogP contribution in [0.25, 0.3) is 0 Å². The number of anilines is 1. The lowest BCUT2D eigenvalue weighted by Crippen LogP contribution is -2.48. The van der Waals surface area contributed by atoms with E-state index in [1.165, 1.54) is 19.4 Å². The predicted molar refractivity (Wildman–Crippen MR) is 90.3 cm³/mol. The van der Waals surface area contributed by atoms with Gasteiger partial charge in [0.25, 0.3) is 0 Å². The van der Waals surface area contributed by atoms with Crippen LogP contribution in [0.15, 0.2) is 18.3 Å². The predicted octanol–water partition coefficient (Wildman–Crippen LogP) is 2.28. The summed E-state index contributed by atoms with van der Waals surface area (Å²) in [5.74, 6) is 1.58. The molecule has 1 aromatic rings. The lowest BCUT2D eigenvalue weighted by atomic mass is 9.95. The second-order valence-corrected chi connectivity index (χ2v) is 6.89. The van der Waals surface area contributed by atoms with E-state index in [9.17, 15) is 5.26 Å². The molecule has 0 aliphatic carbocycles. The minimum absolute atomic E-state index is 0.338. The zero-order valence-electron chi connectivity index (χ0n) is 14.1. The minimum atomic E-state index is 0.338. The van der Waals surface area contributed by atoms with Crippen molar-refractivity contribution in [1.82, 2.24) is 9.88 Å². The SMILES string of the molecule is C[C@H]1CN(CC2CCN(c3ncccc3C#N)CC2)C[C@H](C)O1. The van der Waals surface area contributed by atoms with Crippen molar-refractivity contribution >= 4 is 5.82 Å². The fourth-order valence-electron chi connectivity index (χ4n) is 3.86. The molecule has 3 heterocycles. The quantitative estimate of drug-likeness (QED) is 0.857. The first-order valence-electron chi connectivity index (χ1n) is 8.63. The summed E-state index contributed by atoms with van der Waals surface area (Å²) in [5.41, 5.74) is 0.682. The van der Waals surface area contributed by atoms with Crippen molar-refractivity contribution in [3.63, 3.8) is 0 Å². The molecule has 0 amide bonds. The van der Waals surface area contributed by atoms with Crippen LogP contribution < -0.4 is 4.90 Å². The molecule has 0 spiro atoms. The van der Waals surface area contributed by atoms with E-state index in [0.717, 1.165) is 37.9 Å². The van der Waals surface area contributed by atoms with Crippen molar-refractivity contribution in [2.75, 3.05) is 37.6 Å². The molecule has 0 N–H and O–H groups in total. The Morgan fingerprint density at radius 3 is 2.61 bits per heavy atom. The molecular formula is C18H26N4O. The summed E-state index contributed by atoms with van der Waals surface area (Å²) >= 11 is 0. The summed E-state index contributed by atoms with van der Waals surface area (Å²) < 4.78 is 5.82. The van der Waals surface area contributed by atoms with Gasteiger partial charge >= 0.3 is 0 Å². The number of hydrogen-bond acceptors (Lipinski definition) is 5. The molecule has 0 radical (unpaired) electrons. The van der Waals surface area contributed by atoms with E-state index in [-0.39, 0.29) is 0 Å². The second kappa shape index (κ2) is 7.29. The van der Waals surface area contributed by atoms with Gasteiger partial charge in [0.1, 0.15) is 11.9 Å². The number of nitrogens with zero attached hydrogens (tertiary/aromatic N) is 4. The zero-order valence-corrected chi connectivity index (χ0v) is 14.1. The van der Waals surface area contributed by atoms with Gasteiger partial charge in [-0.05, 0) is 44.7 Å². The highest BCUT2D eigenvalue weighted by Crippen LogP contribution is 2.25. The summed E-state index contributed by atoms with van der Waals surface area (Å²) in [6.45, 7) is 9.56. The fraction of sp³-hybridized carbons (Fsp3) is 0.667. The molecular weight excluding hydrogens is 288 g/mol. The van der Waals surface area contributed by atoms with Crippen LogP contribution in [0.5, 0.6) is 0 Å². The lowest BCUT2D eigenvalue weighted by Gasteiger charge is -2.39. The van der Waals surface area contributed by atoms with Crippen molar-refractivity contribution in [2.24, 2.45) is 5.92 Å². The van der Waals surface area contributed by atoms with E-state index in [0.29, 0.717) is 17.8 Å². The van der Waals surface area contributed by atoms with Crippen molar-refractivity contribution in [3.05, 3.63) is 23.9 Å². The molecule has 5 nitrogen and oxygen atoms in total. The number of piperidine rings is 1. The number of nitriles is 1. The normalized spacial score (nSPS) is 26.9. The van der Waals surface area contributed by atoms with Gasteiger partial charge in [-0.1, -0.05) is 0 Å². The van der Waals surface area contributed by atoms with E-state index in [1.54, 1.807) is 6.20 Å². The number of pyridine rings is 1. The molecule has 2 saturated heterocycles. The highest BCUT2D eigenvalue weighted by molar-refractivity contribution is 5.53. The largest absolute Gasteiger partial charge is 0.373 e. The van der Waals surface area contributed by atoms with Crippen LogP contribution in [-0.4, -0.2) is 54.8 Å². The second-order valence-electron chi connectivity index (χ2n) is 6.89. The third-order valence-corrected chi connectivity index (χ3v) is 4.83. The Bertz CT molecular complexity index is 552. The molecule has 3 rings (SSSR count). The Morgan fingerprint density at radius 2 is 1.96 bits per heavy atom. The Morgan fingerprint density at radius 1 is 1.26 bits per heavy atom. The highest BCUT2D eigenvalue weighted by Gasteiger charge is 2.27. The first-order valence-corrected chi connectivity index (χ1v) is 8.63. The Hall–Kier alpha value is -1.64. The van der Waals surface area contributed by atoms with Crippen LogP contribution in [0.1, 0.15) is 32.3 Å². The number of hydrogen-bond donors (Lipinski definition) is 0. The number of rotatable bonds is 3. The average molecular weight is 314 g/mol. The molecule has 5 heteroatoms. The van der Waals surface area contributed by atoms with Crippen LogP contribution in [-0.2, 0) is 4.74 Å². The van der Waals surface area contributed by atoms with Gasteiger partial charge in [0.05, 0.1) is 17.8 Å².